The van der Waals surface area contributed by atoms with E-state index in [0.29, 0.717) is 5.57 Å². The second-order valence-corrected chi connectivity index (χ2v) is 6.93. The lowest BCUT2D eigenvalue weighted by Crippen LogP contribution is -2.59. The molecule has 2 aliphatic rings. The zero-order valence-electron chi connectivity index (χ0n) is 13.7. The van der Waals surface area contributed by atoms with Crippen LogP contribution in [0.4, 0.5) is 0 Å². The molecular weight excluding hydrogens is 300 g/mol. The van der Waals surface area contributed by atoms with E-state index in [2.05, 4.69) is 6.58 Å². The molecule has 0 radical (unpaired) electrons. The Morgan fingerprint density at radius 1 is 1.48 bits per heavy atom. The van der Waals surface area contributed by atoms with Crippen molar-refractivity contribution in [2.24, 2.45) is 22.7 Å². The van der Waals surface area contributed by atoms with Gasteiger partial charge in [0.15, 0.2) is 12.1 Å². The van der Waals surface area contributed by atoms with Crippen molar-refractivity contribution < 1.29 is 29.6 Å². The van der Waals surface area contributed by atoms with E-state index in [1.165, 1.54) is 19.3 Å². The van der Waals surface area contributed by atoms with Gasteiger partial charge in [-0.25, -0.2) is 0 Å². The molecule has 0 aromatic carbocycles. The number of aliphatic hydroxyl groups is 3. The Hall–Kier alpha value is -1.50. The number of ketones is 1. The van der Waals surface area contributed by atoms with Gasteiger partial charge in [0.2, 0.25) is 0 Å². The molecule has 5 atom stereocenters. The number of ether oxygens (including phenoxy) is 1. The zero-order valence-corrected chi connectivity index (χ0v) is 13.7. The Balaban J connectivity index is 2.56. The van der Waals surface area contributed by atoms with Crippen molar-refractivity contribution in [1.29, 1.82) is 0 Å². The summed E-state index contributed by atoms with van der Waals surface area (Å²) in [6.45, 7) is 7.21. The van der Waals surface area contributed by atoms with Crippen molar-refractivity contribution in [2.75, 3.05) is 7.11 Å². The van der Waals surface area contributed by atoms with Crippen molar-refractivity contribution in [2.45, 2.75) is 39.1 Å². The molecule has 6 heteroatoms. The molecule has 0 spiro atoms. The molecule has 0 aromatic heterocycles. The highest BCUT2D eigenvalue weighted by molar-refractivity contribution is 5.97. The van der Waals surface area contributed by atoms with Crippen molar-refractivity contribution in [3.8, 4) is 0 Å². The first kappa shape index (κ1) is 17.8. The predicted molar refractivity (Wildman–Crippen MR) is 82.0 cm³/mol. The first-order chi connectivity index (χ1) is 10.6. The number of allylic oxidation sites excluding steroid dienone is 1. The van der Waals surface area contributed by atoms with Gasteiger partial charge in [-0.3, -0.25) is 9.59 Å². The summed E-state index contributed by atoms with van der Waals surface area (Å²) in [4.78, 5) is 24.4. The van der Waals surface area contributed by atoms with E-state index in [0.717, 1.165) is 0 Å². The van der Waals surface area contributed by atoms with Gasteiger partial charge in [-0.2, -0.15) is 0 Å². The predicted octanol–water partition coefficient (Wildman–Crippen LogP) is 0.565. The van der Waals surface area contributed by atoms with Crippen LogP contribution in [0.25, 0.3) is 0 Å². The molecule has 2 aliphatic carbocycles. The summed E-state index contributed by atoms with van der Waals surface area (Å²) in [6.07, 6.45) is 0.315. The fourth-order valence-electron chi connectivity index (χ4n) is 4.13. The van der Waals surface area contributed by atoms with Gasteiger partial charge < -0.3 is 20.1 Å². The van der Waals surface area contributed by atoms with E-state index in [1.807, 2.05) is 0 Å². The number of fused-ring (bicyclic) bond motifs is 1. The summed E-state index contributed by atoms with van der Waals surface area (Å²) in [5.41, 5.74) is -1.75. The quantitative estimate of drug-likeness (QED) is 0.398. The fourth-order valence-corrected chi connectivity index (χ4v) is 4.13. The summed E-state index contributed by atoms with van der Waals surface area (Å²) in [7, 11) is 1.26. The second kappa shape index (κ2) is 5.85. The average Bonchev–Trinajstić information content (AvgIpc) is 2.50. The number of methoxy groups -OCH3 is 1. The highest BCUT2D eigenvalue weighted by Crippen LogP contribution is 2.59. The number of hydrogen-bond donors (Lipinski definition) is 3. The van der Waals surface area contributed by atoms with E-state index in [1.54, 1.807) is 13.8 Å². The molecule has 1 saturated carbocycles. The van der Waals surface area contributed by atoms with Gasteiger partial charge in [0, 0.05) is 16.7 Å². The summed E-state index contributed by atoms with van der Waals surface area (Å²) in [5.74, 6) is -1.87. The first-order valence-corrected chi connectivity index (χ1v) is 7.62. The van der Waals surface area contributed by atoms with Crippen LogP contribution >= 0.6 is 0 Å². The first-order valence-electron chi connectivity index (χ1n) is 7.62. The summed E-state index contributed by atoms with van der Waals surface area (Å²) in [5, 5.41) is 30.0. The van der Waals surface area contributed by atoms with Gasteiger partial charge in [-0.05, 0) is 24.0 Å². The highest BCUT2D eigenvalue weighted by atomic mass is 16.5. The third-order valence-electron chi connectivity index (χ3n) is 5.81. The molecular formula is C17H24O6. The van der Waals surface area contributed by atoms with Gasteiger partial charge in [-0.15, -0.1) is 0 Å². The van der Waals surface area contributed by atoms with Gasteiger partial charge in [0.05, 0.1) is 19.6 Å². The molecule has 0 bridgehead atoms. The minimum absolute atomic E-state index is 0.0867. The number of carbonyl (C=O) groups is 2. The van der Waals surface area contributed by atoms with E-state index in [4.69, 9.17) is 4.74 Å². The summed E-state index contributed by atoms with van der Waals surface area (Å²) < 4.78 is 4.71. The number of carbonyl (C=O) groups excluding carboxylic acids is 2. The Bertz CT molecular complexity index is 565. The normalized spacial score (nSPS) is 40.2. The second-order valence-electron chi connectivity index (χ2n) is 6.93. The van der Waals surface area contributed by atoms with E-state index < -0.39 is 41.0 Å². The lowest BCUT2D eigenvalue weighted by atomic mass is 9.47. The van der Waals surface area contributed by atoms with E-state index >= 15 is 0 Å². The lowest BCUT2D eigenvalue weighted by Gasteiger charge is -2.56. The van der Waals surface area contributed by atoms with Crippen LogP contribution in [0, 0.1) is 22.7 Å². The molecule has 128 valence electrons. The zero-order chi connectivity index (χ0) is 17.6. The van der Waals surface area contributed by atoms with Crippen LogP contribution in [-0.4, -0.2) is 46.6 Å². The number of aliphatic hydroxyl groups excluding tert-OH is 2. The molecule has 0 heterocycles. The smallest absolute Gasteiger partial charge is 0.306 e. The lowest BCUT2D eigenvalue weighted by molar-refractivity contribution is -0.178. The van der Waals surface area contributed by atoms with Crippen LogP contribution in [-0.2, 0) is 14.3 Å². The number of esters is 1. The molecule has 1 unspecified atom stereocenters. The van der Waals surface area contributed by atoms with Gasteiger partial charge >= 0.3 is 5.97 Å². The molecule has 3 N–H and O–H groups in total. The van der Waals surface area contributed by atoms with Crippen molar-refractivity contribution in [3.05, 3.63) is 24.3 Å². The molecule has 1 fully saturated rings. The third-order valence-corrected chi connectivity index (χ3v) is 5.81. The number of rotatable bonds is 3. The van der Waals surface area contributed by atoms with Gasteiger partial charge in [0.1, 0.15) is 0 Å². The largest absolute Gasteiger partial charge is 0.469 e. The van der Waals surface area contributed by atoms with Crippen LogP contribution in [0.15, 0.2) is 24.3 Å². The van der Waals surface area contributed by atoms with Gasteiger partial charge in [0.25, 0.3) is 0 Å². The van der Waals surface area contributed by atoms with Crippen molar-refractivity contribution >= 4 is 11.8 Å². The number of hydrogen-bond acceptors (Lipinski definition) is 6. The van der Waals surface area contributed by atoms with E-state index in [-0.39, 0.29) is 18.6 Å². The van der Waals surface area contributed by atoms with Crippen LogP contribution < -0.4 is 0 Å². The Labute approximate surface area is 135 Å². The standard InChI is InChI=1S/C17H24O6/c1-9-10(7-14(20)23-4)17(3)12(8-11(9)18)16(2,15(21)22)6-5-13(17)19/h5-6,10-12,15,18,21-22H,1,7-8H2,2-4H3/t10-,11+,12?,16+,17+/m0/s1. The SMILES string of the molecule is C=C1[C@H](O)CC2[C@](C)(C(O)O)C=CC(=O)[C@]2(C)[C@H]1CC(=O)OC. The van der Waals surface area contributed by atoms with Crippen LogP contribution in [0.5, 0.6) is 0 Å². The molecule has 0 aromatic rings. The maximum absolute atomic E-state index is 12.7. The molecule has 6 nitrogen and oxygen atoms in total. The Morgan fingerprint density at radius 2 is 2.09 bits per heavy atom. The maximum Gasteiger partial charge on any atom is 0.306 e. The molecule has 0 amide bonds. The topological polar surface area (TPSA) is 104 Å². The minimum atomic E-state index is -1.69. The van der Waals surface area contributed by atoms with Crippen LogP contribution in [0.3, 0.4) is 0 Å². The van der Waals surface area contributed by atoms with Crippen molar-refractivity contribution in [1.82, 2.24) is 0 Å². The molecule has 23 heavy (non-hydrogen) atoms. The summed E-state index contributed by atoms with van der Waals surface area (Å²) >= 11 is 0. The Morgan fingerprint density at radius 3 is 2.61 bits per heavy atom. The Kier molecular flexibility index (Phi) is 4.54. The minimum Gasteiger partial charge on any atom is -0.469 e. The highest BCUT2D eigenvalue weighted by Gasteiger charge is 2.61. The van der Waals surface area contributed by atoms with Crippen LogP contribution in [0.2, 0.25) is 0 Å². The third kappa shape index (κ3) is 2.55. The van der Waals surface area contributed by atoms with E-state index in [9.17, 15) is 24.9 Å². The van der Waals surface area contributed by atoms with Crippen LogP contribution in [0.1, 0.15) is 26.7 Å². The van der Waals surface area contributed by atoms with Crippen molar-refractivity contribution in [3.63, 3.8) is 0 Å². The molecule has 0 aliphatic heterocycles. The van der Waals surface area contributed by atoms with Gasteiger partial charge in [-0.1, -0.05) is 26.5 Å². The molecule has 2 rings (SSSR count). The fraction of sp³-hybridized carbons (Fsp3) is 0.647. The molecule has 0 saturated heterocycles. The summed E-state index contributed by atoms with van der Waals surface area (Å²) in [6, 6.07) is 0. The maximum atomic E-state index is 12.7. The average molecular weight is 324 g/mol. The monoisotopic (exact) mass is 324 g/mol.